The summed E-state index contributed by atoms with van der Waals surface area (Å²) in [5.41, 5.74) is -0.324. The maximum atomic E-state index is 10.5. The zero-order chi connectivity index (χ0) is 7.56. The Bertz CT molecular complexity index is 261. The molecule has 10 heavy (non-hydrogen) atoms. The van der Waals surface area contributed by atoms with Gasteiger partial charge >= 0.3 is 5.97 Å². The summed E-state index contributed by atoms with van der Waals surface area (Å²) in [6.45, 7) is 0. The van der Waals surface area contributed by atoms with Crippen LogP contribution in [0.3, 0.4) is 0 Å². The number of hydrogen-bond acceptors (Lipinski definition) is 3. The van der Waals surface area contributed by atoms with Gasteiger partial charge in [0.15, 0.2) is 0 Å². The van der Waals surface area contributed by atoms with Gasteiger partial charge in [-0.25, -0.2) is 9.52 Å². The maximum Gasteiger partial charge on any atom is 0.376 e. The lowest BCUT2D eigenvalue weighted by atomic mass is 10.4. The van der Waals surface area contributed by atoms with E-state index in [1.165, 1.54) is 6.20 Å². The average molecular weight is 140 g/mol. The average Bonchev–Trinajstić information content (AvgIpc) is 1.88. The molecule has 0 aromatic carbocycles. The van der Waals surface area contributed by atoms with Crippen molar-refractivity contribution in [3.8, 4) is 0 Å². The minimum atomic E-state index is -1.25. The highest BCUT2D eigenvalue weighted by Gasteiger charge is 2.07. The van der Waals surface area contributed by atoms with Gasteiger partial charge in [-0.15, -0.1) is 0 Å². The van der Waals surface area contributed by atoms with E-state index in [1.54, 1.807) is 0 Å². The Hall–Kier alpha value is -1.65. The number of aromatic nitrogens is 2. The Morgan fingerprint density at radius 1 is 1.80 bits per heavy atom. The van der Waals surface area contributed by atoms with E-state index in [2.05, 4.69) is 4.98 Å². The summed E-state index contributed by atoms with van der Waals surface area (Å²) in [6.07, 6.45) is 2.14. The van der Waals surface area contributed by atoms with Gasteiger partial charge < -0.3 is 10.3 Å². The highest BCUT2D eigenvalue weighted by Crippen LogP contribution is 1.85. The summed E-state index contributed by atoms with van der Waals surface area (Å²) in [5, 5.41) is 18.9. The fraction of sp³-hybridized carbons (Fsp3) is 0. The van der Waals surface area contributed by atoms with Crippen molar-refractivity contribution in [2.24, 2.45) is 0 Å². The Balaban J connectivity index is 3.15. The van der Waals surface area contributed by atoms with Crippen LogP contribution in [0.25, 0.3) is 0 Å². The predicted octanol–water partition coefficient (Wildman–Crippen LogP) is -0.587. The van der Waals surface area contributed by atoms with Crippen LogP contribution in [0.4, 0.5) is 0 Å². The van der Waals surface area contributed by atoms with Crippen molar-refractivity contribution in [3.05, 3.63) is 29.5 Å². The number of carbonyl (C=O) groups is 1. The van der Waals surface area contributed by atoms with Crippen molar-refractivity contribution >= 4 is 5.97 Å². The van der Waals surface area contributed by atoms with Crippen molar-refractivity contribution in [2.75, 3.05) is 0 Å². The van der Waals surface area contributed by atoms with E-state index in [-0.39, 0.29) is 10.4 Å². The third-order valence-electron chi connectivity index (χ3n) is 0.947. The van der Waals surface area contributed by atoms with Crippen LogP contribution < -0.4 is 4.73 Å². The molecule has 0 saturated carbocycles. The lowest BCUT2D eigenvalue weighted by Crippen LogP contribution is -2.34. The largest absolute Gasteiger partial charge is 0.710 e. The van der Waals surface area contributed by atoms with Gasteiger partial charge in [0, 0.05) is 6.07 Å². The van der Waals surface area contributed by atoms with Gasteiger partial charge in [-0.2, -0.15) is 0 Å². The SMILES string of the molecule is O=C(O)c1ccnc[n+]1[O-]. The second-order valence-corrected chi connectivity index (χ2v) is 1.60. The molecule has 0 amide bonds. The Kier molecular flexibility index (Phi) is 1.49. The Morgan fingerprint density at radius 3 is 2.90 bits per heavy atom. The summed E-state index contributed by atoms with van der Waals surface area (Å²) >= 11 is 0. The first-order chi connectivity index (χ1) is 4.72. The van der Waals surface area contributed by atoms with Crippen molar-refractivity contribution in [3.63, 3.8) is 0 Å². The van der Waals surface area contributed by atoms with Gasteiger partial charge in [0.1, 0.15) is 6.20 Å². The molecular weight excluding hydrogens is 136 g/mol. The van der Waals surface area contributed by atoms with Crippen LogP contribution in [-0.4, -0.2) is 16.1 Å². The van der Waals surface area contributed by atoms with Crippen molar-refractivity contribution in [2.45, 2.75) is 0 Å². The summed E-state index contributed by atoms with van der Waals surface area (Å²) < 4.78 is 0.197. The molecule has 1 aromatic rings. The van der Waals surface area contributed by atoms with Crippen LogP contribution in [0, 0.1) is 5.21 Å². The second-order valence-electron chi connectivity index (χ2n) is 1.60. The van der Waals surface area contributed by atoms with Crippen LogP contribution in [0.1, 0.15) is 10.5 Å². The maximum absolute atomic E-state index is 10.5. The molecule has 0 aliphatic heterocycles. The molecule has 0 fully saturated rings. The first kappa shape index (κ1) is 6.47. The predicted molar refractivity (Wildman–Crippen MR) is 30.2 cm³/mol. The van der Waals surface area contributed by atoms with Gasteiger partial charge in [-0.05, 0) is 0 Å². The van der Waals surface area contributed by atoms with Gasteiger partial charge in [0.25, 0.3) is 6.33 Å². The fourth-order valence-electron chi connectivity index (χ4n) is 0.514. The Morgan fingerprint density at radius 2 is 2.50 bits per heavy atom. The highest BCUT2D eigenvalue weighted by molar-refractivity contribution is 5.83. The van der Waals surface area contributed by atoms with Crippen molar-refractivity contribution < 1.29 is 14.6 Å². The third-order valence-corrected chi connectivity index (χ3v) is 0.947. The first-order valence-electron chi connectivity index (χ1n) is 2.48. The minimum Gasteiger partial charge on any atom is -0.710 e. The lowest BCUT2D eigenvalue weighted by molar-refractivity contribution is -0.611. The van der Waals surface area contributed by atoms with Gasteiger partial charge in [-0.1, -0.05) is 4.98 Å². The fourth-order valence-corrected chi connectivity index (χ4v) is 0.514. The van der Waals surface area contributed by atoms with E-state index in [4.69, 9.17) is 5.11 Å². The standard InChI is InChI=1S/C5H4N2O3/c8-5(9)4-1-2-6-3-7(4)10/h1-3H,(H,8,9). The zero-order valence-corrected chi connectivity index (χ0v) is 4.89. The topological polar surface area (TPSA) is 77.1 Å². The molecule has 1 aromatic heterocycles. The molecule has 1 heterocycles. The number of rotatable bonds is 1. The molecule has 0 aliphatic carbocycles. The molecule has 0 saturated heterocycles. The molecule has 0 radical (unpaired) electrons. The first-order valence-corrected chi connectivity index (χ1v) is 2.48. The summed E-state index contributed by atoms with van der Waals surface area (Å²) in [5.74, 6) is -1.25. The quantitative estimate of drug-likeness (QED) is 0.418. The van der Waals surface area contributed by atoms with Crippen LogP contribution in [0.15, 0.2) is 18.6 Å². The minimum absolute atomic E-state index is 0.197. The summed E-state index contributed by atoms with van der Waals surface area (Å²) in [4.78, 5) is 13.6. The number of carboxylic acids is 1. The number of nitrogens with zero attached hydrogens (tertiary/aromatic N) is 2. The van der Waals surface area contributed by atoms with Crippen molar-refractivity contribution in [1.82, 2.24) is 4.98 Å². The molecule has 5 heteroatoms. The molecule has 1 N–H and O–H groups in total. The highest BCUT2D eigenvalue weighted by atomic mass is 16.5. The van der Waals surface area contributed by atoms with Crippen molar-refractivity contribution in [1.29, 1.82) is 0 Å². The monoisotopic (exact) mass is 140 g/mol. The zero-order valence-electron chi connectivity index (χ0n) is 4.89. The van der Waals surface area contributed by atoms with E-state index in [0.29, 0.717) is 0 Å². The normalized spacial score (nSPS) is 9.20. The lowest BCUT2D eigenvalue weighted by Gasteiger charge is -2.00. The molecule has 0 aliphatic rings. The van der Waals surface area contributed by atoms with Crippen LogP contribution in [0.2, 0.25) is 0 Å². The molecule has 5 nitrogen and oxygen atoms in total. The number of hydrogen-bond donors (Lipinski definition) is 1. The van der Waals surface area contributed by atoms with Gasteiger partial charge in [-0.3, -0.25) is 0 Å². The van der Waals surface area contributed by atoms with E-state index in [9.17, 15) is 10.0 Å². The summed E-state index contributed by atoms with van der Waals surface area (Å²) in [7, 11) is 0. The van der Waals surface area contributed by atoms with Crippen LogP contribution in [0.5, 0.6) is 0 Å². The summed E-state index contributed by atoms with van der Waals surface area (Å²) in [6, 6.07) is 1.13. The second kappa shape index (κ2) is 2.30. The molecule has 0 unspecified atom stereocenters. The van der Waals surface area contributed by atoms with Gasteiger partial charge in [0.05, 0.1) is 0 Å². The molecule has 52 valence electrons. The van der Waals surface area contributed by atoms with Crippen LogP contribution in [-0.2, 0) is 0 Å². The Labute approximate surface area is 56.1 Å². The molecular formula is C5H4N2O3. The number of aromatic carboxylic acids is 1. The van der Waals surface area contributed by atoms with Gasteiger partial charge in [0.2, 0.25) is 5.69 Å². The van der Waals surface area contributed by atoms with E-state index in [0.717, 1.165) is 12.4 Å². The van der Waals surface area contributed by atoms with E-state index in [1.807, 2.05) is 0 Å². The molecule has 0 spiro atoms. The van der Waals surface area contributed by atoms with E-state index >= 15 is 0 Å². The molecule has 0 atom stereocenters. The molecule has 1 rings (SSSR count). The van der Waals surface area contributed by atoms with E-state index < -0.39 is 5.97 Å². The smallest absolute Gasteiger partial charge is 0.376 e. The number of carboxylic acid groups (broad SMARTS) is 1. The van der Waals surface area contributed by atoms with Crippen LogP contribution >= 0.6 is 0 Å². The third kappa shape index (κ3) is 1.02. The molecule has 0 bridgehead atoms.